The van der Waals surface area contributed by atoms with Crippen molar-refractivity contribution in [2.75, 3.05) is 6.54 Å². The van der Waals surface area contributed by atoms with E-state index in [1.165, 1.54) is 11.0 Å². The maximum atomic E-state index is 12.2. The lowest BCUT2D eigenvalue weighted by Crippen LogP contribution is -2.25. The van der Waals surface area contributed by atoms with Crippen molar-refractivity contribution in [1.29, 1.82) is 0 Å². The van der Waals surface area contributed by atoms with E-state index in [2.05, 4.69) is 25.1 Å². The third kappa shape index (κ3) is 3.32. The van der Waals surface area contributed by atoms with Crippen molar-refractivity contribution in [1.82, 2.24) is 29.9 Å². The number of hydrogen-bond donors (Lipinski definition) is 1. The van der Waals surface area contributed by atoms with Gasteiger partial charge in [0, 0.05) is 13.1 Å². The number of amides is 1. The fourth-order valence-corrected chi connectivity index (χ4v) is 2.78. The number of imidazole rings is 1. The van der Waals surface area contributed by atoms with Gasteiger partial charge in [0.05, 0.1) is 29.2 Å². The number of para-hydroxylation sites is 3. The van der Waals surface area contributed by atoms with Crippen LogP contribution in [0.1, 0.15) is 16.9 Å². The maximum absolute atomic E-state index is 12.2. The van der Waals surface area contributed by atoms with Gasteiger partial charge in [-0.1, -0.05) is 30.3 Å². The second-order valence-corrected chi connectivity index (χ2v) is 5.89. The zero-order valence-corrected chi connectivity index (χ0v) is 14.1. The Balaban J connectivity index is 1.31. The first-order valence-electron chi connectivity index (χ1n) is 8.47. The first kappa shape index (κ1) is 16.0. The van der Waals surface area contributed by atoms with Crippen molar-refractivity contribution in [3.05, 3.63) is 72.8 Å². The molecule has 7 nitrogen and oxygen atoms in total. The van der Waals surface area contributed by atoms with Crippen LogP contribution in [0.5, 0.6) is 0 Å². The lowest BCUT2D eigenvalue weighted by atomic mass is 10.3. The SMILES string of the molecule is O=C(NCCCn1cnc2ccccc21)c1cnn(-c2ccccc2)n1. The summed E-state index contributed by atoms with van der Waals surface area (Å²) in [6.07, 6.45) is 4.11. The highest BCUT2D eigenvalue weighted by atomic mass is 16.2. The molecule has 0 aliphatic rings. The summed E-state index contributed by atoms with van der Waals surface area (Å²) in [5.74, 6) is -0.220. The van der Waals surface area contributed by atoms with Crippen LogP contribution in [0, 0.1) is 0 Å². The number of rotatable bonds is 6. The van der Waals surface area contributed by atoms with Gasteiger partial charge in [-0.2, -0.15) is 9.90 Å². The highest BCUT2D eigenvalue weighted by Crippen LogP contribution is 2.12. The molecule has 0 aliphatic carbocycles. The Morgan fingerprint density at radius 3 is 2.73 bits per heavy atom. The van der Waals surface area contributed by atoms with Crippen LogP contribution >= 0.6 is 0 Å². The molecule has 4 aromatic rings. The smallest absolute Gasteiger partial charge is 0.273 e. The highest BCUT2D eigenvalue weighted by Gasteiger charge is 2.11. The van der Waals surface area contributed by atoms with E-state index in [4.69, 9.17) is 0 Å². The van der Waals surface area contributed by atoms with Gasteiger partial charge in [0.2, 0.25) is 0 Å². The Morgan fingerprint density at radius 1 is 1.04 bits per heavy atom. The van der Waals surface area contributed by atoms with Gasteiger partial charge in [0.15, 0.2) is 5.69 Å². The summed E-state index contributed by atoms with van der Waals surface area (Å²) in [6.45, 7) is 1.35. The van der Waals surface area contributed by atoms with Crippen LogP contribution in [-0.4, -0.2) is 37.0 Å². The van der Waals surface area contributed by atoms with Crippen molar-refractivity contribution in [2.24, 2.45) is 0 Å². The second kappa shape index (κ2) is 7.18. The molecule has 1 amide bonds. The molecule has 2 aromatic heterocycles. The summed E-state index contributed by atoms with van der Waals surface area (Å²) < 4.78 is 2.09. The van der Waals surface area contributed by atoms with E-state index < -0.39 is 0 Å². The summed E-state index contributed by atoms with van der Waals surface area (Å²) in [4.78, 5) is 18.0. The Morgan fingerprint density at radius 2 is 1.85 bits per heavy atom. The number of aryl methyl sites for hydroxylation is 1. The topological polar surface area (TPSA) is 77.6 Å². The number of nitrogens with zero attached hydrogens (tertiary/aromatic N) is 5. The molecule has 26 heavy (non-hydrogen) atoms. The van der Waals surface area contributed by atoms with E-state index in [1.807, 2.05) is 60.9 Å². The summed E-state index contributed by atoms with van der Waals surface area (Å²) in [6, 6.07) is 17.5. The van der Waals surface area contributed by atoms with E-state index >= 15 is 0 Å². The molecule has 2 aromatic carbocycles. The predicted octanol–water partition coefficient (Wildman–Crippen LogP) is 2.44. The van der Waals surface area contributed by atoms with Gasteiger partial charge in [-0.05, 0) is 30.7 Å². The molecule has 0 spiro atoms. The van der Waals surface area contributed by atoms with Crippen LogP contribution in [0.3, 0.4) is 0 Å². The standard InChI is InChI=1S/C19H18N6O/c26-19(17-13-22-25(23-17)15-7-2-1-3-8-15)20-11-6-12-24-14-21-16-9-4-5-10-18(16)24/h1-5,7-10,13-14H,6,11-12H2,(H,20,26). The number of nitrogens with one attached hydrogen (secondary N) is 1. The van der Waals surface area contributed by atoms with E-state index in [-0.39, 0.29) is 5.91 Å². The van der Waals surface area contributed by atoms with Crippen LogP contribution < -0.4 is 5.32 Å². The van der Waals surface area contributed by atoms with Gasteiger partial charge in [-0.25, -0.2) is 4.98 Å². The van der Waals surface area contributed by atoms with Crippen molar-refractivity contribution >= 4 is 16.9 Å². The third-order valence-corrected chi connectivity index (χ3v) is 4.10. The van der Waals surface area contributed by atoms with E-state index in [9.17, 15) is 4.79 Å². The van der Waals surface area contributed by atoms with Gasteiger partial charge in [0.1, 0.15) is 0 Å². The van der Waals surface area contributed by atoms with Gasteiger partial charge in [-0.15, -0.1) is 5.10 Å². The average molecular weight is 346 g/mol. The Bertz CT molecular complexity index is 1020. The zero-order chi connectivity index (χ0) is 17.8. The Labute approximate surface area is 150 Å². The lowest BCUT2D eigenvalue weighted by molar-refractivity contribution is 0.0947. The fourth-order valence-electron chi connectivity index (χ4n) is 2.78. The zero-order valence-electron chi connectivity index (χ0n) is 14.1. The van der Waals surface area contributed by atoms with Crippen LogP contribution in [0.2, 0.25) is 0 Å². The molecule has 0 saturated heterocycles. The quantitative estimate of drug-likeness (QED) is 0.544. The first-order valence-corrected chi connectivity index (χ1v) is 8.47. The summed E-state index contributed by atoms with van der Waals surface area (Å²) in [7, 11) is 0. The molecule has 0 atom stereocenters. The van der Waals surface area contributed by atoms with E-state index in [0.29, 0.717) is 12.2 Å². The number of fused-ring (bicyclic) bond motifs is 1. The lowest BCUT2D eigenvalue weighted by Gasteiger charge is -2.05. The monoisotopic (exact) mass is 346 g/mol. The largest absolute Gasteiger partial charge is 0.351 e. The molecule has 0 saturated carbocycles. The van der Waals surface area contributed by atoms with Crippen LogP contribution in [-0.2, 0) is 6.54 Å². The first-order chi connectivity index (χ1) is 12.8. The summed E-state index contributed by atoms with van der Waals surface area (Å²) >= 11 is 0. The third-order valence-electron chi connectivity index (χ3n) is 4.10. The molecule has 0 fully saturated rings. The molecule has 1 N–H and O–H groups in total. The summed E-state index contributed by atoms with van der Waals surface area (Å²) in [5, 5.41) is 11.3. The average Bonchev–Trinajstić information content (AvgIpc) is 3.33. The van der Waals surface area contributed by atoms with Crippen molar-refractivity contribution < 1.29 is 4.79 Å². The molecule has 0 bridgehead atoms. The molecular formula is C19H18N6O. The highest BCUT2D eigenvalue weighted by molar-refractivity contribution is 5.91. The number of carbonyl (C=O) groups excluding carboxylic acids is 1. The molecule has 0 unspecified atom stereocenters. The maximum Gasteiger partial charge on any atom is 0.273 e. The van der Waals surface area contributed by atoms with Crippen molar-refractivity contribution in [3.63, 3.8) is 0 Å². The Hall–Kier alpha value is -3.48. The summed E-state index contributed by atoms with van der Waals surface area (Å²) in [5.41, 5.74) is 3.21. The van der Waals surface area contributed by atoms with Gasteiger partial charge < -0.3 is 9.88 Å². The number of carbonyl (C=O) groups is 1. The number of aromatic nitrogens is 5. The minimum Gasteiger partial charge on any atom is -0.351 e. The molecule has 0 aliphatic heterocycles. The van der Waals surface area contributed by atoms with Crippen LogP contribution in [0.25, 0.3) is 16.7 Å². The normalized spacial score (nSPS) is 10.9. The second-order valence-electron chi connectivity index (χ2n) is 5.89. The number of benzene rings is 2. The molecule has 4 rings (SSSR count). The van der Waals surface area contributed by atoms with Crippen molar-refractivity contribution in [2.45, 2.75) is 13.0 Å². The van der Waals surface area contributed by atoms with Gasteiger partial charge >= 0.3 is 0 Å². The van der Waals surface area contributed by atoms with Crippen molar-refractivity contribution in [3.8, 4) is 5.69 Å². The molecular weight excluding hydrogens is 328 g/mol. The molecule has 130 valence electrons. The molecule has 2 heterocycles. The number of hydrogen-bond acceptors (Lipinski definition) is 4. The van der Waals surface area contributed by atoms with E-state index in [1.54, 1.807) is 0 Å². The van der Waals surface area contributed by atoms with Crippen LogP contribution in [0.15, 0.2) is 67.1 Å². The van der Waals surface area contributed by atoms with Gasteiger partial charge in [-0.3, -0.25) is 4.79 Å². The van der Waals surface area contributed by atoms with Crippen LogP contribution in [0.4, 0.5) is 0 Å². The molecule has 0 radical (unpaired) electrons. The van der Waals surface area contributed by atoms with E-state index in [0.717, 1.165) is 29.7 Å². The Kier molecular flexibility index (Phi) is 4.42. The van der Waals surface area contributed by atoms with Gasteiger partial charge in [0.25, 0.3) is 5.91 Å². The predicted molar refractivity (Wildman–Crippen MR) is 98.0 cm³/mol. The molecule has 7 heteroatoms. The minimum atomic E-state index is -0.220. The fraction of sp³-hybridized carbons (Fsp3) is 0.158. The minimum absolute atomic E-state index is 0.220.